The van der Waals surface area contributed by atoms with E-state index in [-0.39, 0.29) is 12.5 Å². The van der Waals surface area contributed by atoms with Gasteiger partial charge in [-0.2, -0.15) is 0 Å². The van der Waals surface area contributed by atoms with Crippen molar-refractivity contribution in [1.82, 2.24) is 14.8 Å². The minimum atomic E-state index is -0.503. The van der Waals surface area contributed by atoms with E-state index in [2.05, 4.69) is 15.5 Å². The predicted octanol–water partition coefficient (Wildman–Crippen LogP) is 5.52. The van der Waals surface area contributed by atoms with Crippen LogP contribution in [0.25, 0.3) is 0 Å². The molecule has 1 atom stereocenters. The van der Waals surface area contributed by atoms with E-state index in [4.69, 9.17) is 16.3 Å². The van der Waals surface area contributed by atoms with Crippen LogP contribution in [0.15, 0.2) is 90.1 Å². The number of carbonyl (C=O) groups is 1. The zero-order valence-corrected chi connectivity index (χ0v) is 18.9. The maximum absolute atomic E-state index is 13.2. The zero-order valence-electron chi connectivity index (χ0n) is 17.3. The van der Waals surface area contributed by atoms with Gasteiger partial charge in [-0.05, 0) is 29.8 Å². The molecule has 1 amide bonds. The second-order valence-electron chi connectivity index (χ2n) is 6.94. The first kappa shape index (κ1) is 21.9. The van der Waals surface area contributed by atoms with Crippen molar-refractivity contribution < 1.29 is 9.53 Å². The van der Waals surface area contributed by atoms with Crippen molar-refractivity contribution in [2.45, 2.75) is 17.0 Å². The second-order valence-corrected chi connectivity index (χ2v) is 8.42. The fourth-order valence-electron chi connectivity index (χ4n) is 3.01. The van der Waals surface area contributed by atoms with Crippen molar-refractivity contribution in [2.75, 3.05) is 5.32 Å². The van der Waals surface area contributed by atoms with Gasteiger partial charge in [-0.3, -0.25) is 4.79 Å². The van der Waals surface area contributed by atoms with E-state index in [0.717, 1.165) is 11.3 Å². The normalized spacial score (nSPS) is 11.7. The number of hydrogen-bond donors (Lipinski definition) is 1. The maximum atomic E-state index is 13.2. The number of aromatic nitrogens is 3. The monoisotopic (exact) mass is 464 g/mol. The average molecular weight is 465 g/mol. The van der Waals surface area contributed by atoms with Crippen molar-refractivity contribution in [3.8, 4) is 5.75 Å². The van der Waals surface area contributed by atoms with Crippen molar-refractivity contribution >= 4 is 35.0 Å². The molecule has 0 saturated carbocycles. The number of rotatable bonds is 8. The van der Waals surface area contributed by atoms with Crippen LogP contribution in [0.3, 0.4) is 0 Å². The van der Waals surface area contributed by atoms with E-state index >= 15 is 0 Å². The Hall–Kier alpha value is -3.29. The molecule has 4 aromatic rings. The third-order valence-corrected chi connectivity index (χ3v) is 6.32. The van der Waals surface area contributed by atoms with Crippen LogP contribution in [0.1, 0.15) is 16.6 Å². The Labute approximate surface area is 195 Å². The van der Waals surface area contributed by atoms with E-state index in [1.54, 1.807) is 12.1 Å². The van der Waals surface area contributed by atoms with Crippen LogP contribution in [0.2, 0.25) is 5.02 Å². The molecule has 0 bridgehead atoms. The van der Waals surface area contributed by atoms with Gasteiger partial charge >= 0.3 is 0 Å². The van der Waals surface area contributed by atoms with Gasteiger partial charge in [0.1, 0.15) is 17.6 Å². The number of nitrogens with one attached hydrogen (secondary N) is 1. The number of nitrogens with zero attached hydrogens (tertiary/aromatic N) is 3. The highest BCUT2D eigenvalue weighted by Crippen LogP contribution is 2.35. The molecule has 0 aliphatic heterocycles. The Morgan fingerprint density at radius 2 is 1.66 bits per heavy atom. The summed E-state index contributed by atoms with van der Waals surface area (Å²) >= 11 is 7.49. The number of halogens is 1. The number of hydrogen-bond acceptors (Lipinski definition) is 5. The van der Waals surface area contributed by atoms with E-state index in [1.807, 2.05) is 84.4 Å². The molecule has 1 unspecified atom stereocenters. The lowest BCUT2D eigenvalue weighted by atomic mass is 10.1. The van der Waals surface area contributed by atoms with Crippen molar-refractivity contribution in [2.24, 2.45) is 7.05 Å². The number of benzene rings is 3. The van der Waals surface area contributed by atoms with Gasteiger partial charge in [0, 0.05) is 12.7 Å². The van der Waals surface area contributed by atoms with E-state index in [9.17, 15) is 4.79 Å². The SMILES string of the molecule is Cn1c(COc2ccccc2Cl)nnc1SC(C(=O)Nc1ccccc1)c1ccccc1. The van der Waals surface area contributed by atoms with Crippen LogP contribution in [0.4, 0.5) is 5.69 Å². The molecule has 3 aromatic carbocycles. The number of thioether (sulfide) groups is 1. The van der Waals surface area contributed by atoms with Crippen LogP contribution in [-0.4, -0.2) is 20.7 Å². The summed E-state index contributed by atoms with van der Waals surface area (Å²) in [5, 5.41) is 12.2. The first-order chi connectivity index (χ1) is 15.6. The van der Waals surface area contributed by atoms with E-state index < -0.39 is 5.25 Å². The zero-order chi connectivity index (χ0) is 22.3. The van der Waals surface area contributed by atoms with Crippen LogP contribution < -0.4 is 10.1 Å². The summed E-state index contributed by atoms with van der Waals surface area (Å²) in [7, 11) is 1.85. The van der Waals surface area contributed by atoms with Crippen molar-refractivity contribution in [3.63, 3.8) is 0 Å². The van der Waals surface area contributed by atoms with Gasteiger partial charge in [0.05, 0.1) is 5.02 Å². The van der Waals surface area contributed by atoms with Crippen molar-refractivity contribution in [3.05, 3.63) is 101 Å². The molecule has 0 radical (unpaired) electrons. The largest absolute Gasteiger partial charge is 0.484 e. The molecule has 162 valence electrons. The third-order valence-electron chi connectivity index (χ3n) is 4.72. The fourth-order valence-corrected chi connectivity index (χ4v) is 4.22. The average Bonchev–Trinajstić information content (AvgIpc) is 3.17. The molecule has 0 spiro atoms. The summed E-state index contributed by atoms with van der Waals surface area (Å²) in [6.45, 7) is 0.208. The molecule has 32 heavy (non-hydrogen) atoms. The van der Waals surface area contributed by atoms with Crippen LogP contribution >= 0.6 is 23.4 Å². The van der Waals surface area contributed by atoms with Crippen LogP contribution in [0, 0.1) is 0 Å². The molecule has 4 rings (SSSR count). The van der Waals surface area contributed by atoms with Gasteiger partial charge in [-0.1, -0.05) is 84.0 Å². The summed E-state index contributed by atoms with van der Waals surface area (Å²) in [6.07, 6.45) is 0. The Balaban J connectivity index is 1.52. The Morgan fingerprint density at radius 3 is 2.38 bits per heavy atom. The molecule has 0 aliphatic rings. The van der Waals surface area contributed by atoms with Crippen LogP contribution in [-0.2, 0) is 18.4 Å². The van der Waals surface area contributed by atoms with Gasteiger partial charge < -0.3 is 14.6 Å². The number of amides is 1. The van der Waals surface area contributed by atoms with E-state index in [0.29, 0.717) is 21.8 Å². The number of ether oxygens (including phenoxy) is 1. The first-order valence-electron chi connectivity index (χ1n) is 9.95. The van der Waals surface area contributed by atoms with Gasteiger partial charge in [-0.15, -0.1) is 10.2 Å². The number of para-hydroxylation sites is 2. The molecule has 0 saturated heterocycles. The van der Waals surface area contributed by atoms with Gasteiger partial charge in [0.2, 0.25) is 5.91 Å². The highest BCUT2D eigenvalue weighted by Gasteiger charge is 2.25. The summed E-state index contributed by atoms with van der Waals surface area (Å²) in [5.41, 5.74) is 1.62. The maximum Gasteiger partial charge on any atom is 0.242 e. The molecule has 0 aliphatic carbocycles. The summed E-state index contributed by atoms with van der Waals surface area (Å²) in [5.74, 6) is 1.07. The molecular formula is C24H21ClN4O2S. The van der Waals surface area contributed by atoms with Crippen molar-refractivity contribution in [1.29, 1.82) is 0 Å². The smallest absolute Gasteiger partial charge is 0.242 e. The minimum Gasteiger partial charge on any atom is -0.484 e. The summed E-state index contributed by atoms with van der Waals surface area (Å²) < 4.78 is 7.62. The molecule has 0 fully saturated rings. The van der Waals surface area contributed by atoms with Crippen LogP contribution in [0.5, 0.6) is 5.75 Å². The molecular weight excluding hydrogens is 444 g/mol. The first-order valence-corrected chi connectivity index (χ1v) is 11.2. The lowest BCUT2D eigenvalue weighted by molar-refractivity contribution is -0.115. The summed E-state index contributed by atoms with van der Waals surface area (Å²) in [4.78, 5) is 13.2. The quantitative estimate of drug-likeness (QED) is 0.348. The van der Waals surface area contributed by atoms with Gasteiger partial charge in [-0.25, -0.2) is 0 Å². The Bertz CT molecular complexity index is 1190. The standard InChI is InChI=1S/C24H21ClN4O2S/c1-29-21(16-31-20-15-9-8-14-19(20)25)27-28-24(29)32-22(17-10-4-2-5-11-17)23(30)26-18-12-6-3-7-13-18/h2-15,22H,16H2,1H3,(H,26,30). The number of anilines is 1. The molecule has 8 heteroatoms. The Morgan fingerprint density at radius 1 is 1.00 bits per heavy atom. The van der Waals surface area contributed by atoms with E-state index in [1.165, 1.54) is 11.8 Å². The molecule has 6 nitrogen and oxygen atoms in total. The Kier molecular flexibility index (Phi) is 7.09. The minimum absolute atomic E-state index is 0.135. The lowest BCUT2D eigenvalue weighted by Crippen LogP contribution is -2.19. The second kappa shape index (κ2) is 10.3. The predicted molar refractivity (Wildman–Crippen MR) is 127 cm³/mol. The fraction of sp³-hybridized carbons (Fsp3) is 0.125. The molecule has 1 N–H and O–H groups in total. The highest BCUT2D eigenvalue weighted by molar-refractivity contribution is 8.00. The number of carbonyl (C=O) groups excluding carboxylic acids is 1. The molecule has 1 aromatic heterocycles. The topological polar surface area (TPSA) is 69.0 Å². The van der Waals surface area contributed by atoms with Gasteiger partial charge in [0.25, 0.3) is 0 Å². The molecule has 1 heterocycles. The summed E-state index contributed by atoms with van der Waals surface area (Å²) in [6, 6.07) is 26.3. The van der Waals surface area contributed by atoms with Gasteiger partial charge in [0.15, 0.2) is 11.0 Å². The highest BCUT2D eigenvalue weighted by atomic mass is 35.5. The lowest BCUT2D eigenvalue weighted by Gasteiger charge is -2.16. The third kappa shape index (κ3) is 5.30.